The van der Waals surface area contributed by atoms with Gasteiger partial charge in [-0.15, -0.1) is 5.10 Å². The quantitative estimate of drug-likeness (QED) is 0.202. The van der Waals surface area contributed by atoms with Crippen molar-refractivity contribution in [1.29, 1.82) is 0 Å². The topological polar surface area (TPSA) is 123 Å². The molecular weight excluding hydrogens is 461 g/mol. The van der Waals surface area contributed by atoms with E-state index in [0.29, 0.717) is 29.7 Å². The molecule has 1 saturated carbocycles. The van der Waals surface area contributed by atoms with Crippen LogP contribution in [0.15, 0.2) is 6.20 Å². The molecule has 3 heterocycles. The number of methoxy groups -OCH3 is 1. The molecule has 1 aliphatic carbocycles. The molecule has 13 heteroatoms. The molecule has 0 atom stereocenters. The fourth-order valence-corrected chi connectivity index (χ4v) is 4.47. The van der Waals surface area contributed by atoms with E-state index in [4.69, 9.17) is 32.7 Å². The van der Waals surface area contributed by atoms with Crippen LogP contribution in [-0.4, -0.2) is 54.3 Å². The Morgan fingerprint density at radius 1 is 1.25 bits per heavy atom. The number of hydrogen-bond donors (Lipinski definition) is 0. The second kappa shape index (κ2) is 9.55. The summed E-state index contributed by atoms with van der Waals surface area (Å²) in [7, 11) is 1.71. The van der Waals surface area contributed by atoms with Gasteiger partial charge in [-0.1, -0.05) is 11.6 Å². The van der Waals surface area contributed by atoms with Gasteiger partial charge in [-0.2, -0.15) is 10.1 Å². The van der Waals surface area contributed by atoms with Crippen molar-refractivity contribution in [2.75, 3.05) is 13.7 Å². The summed E-state index contributed by atoms with van der Waals surface area (Å²) < 4.78 is 14.5. The van der Waals surface area contributed by atoms with Gasteiger partial charge in [-0.3, -0.25) is 14.8 Å². The molecule has 0 saturated heterocycles. The minimum absolute atomic E-state index is 0.0371. The van der Waals surface area contributed by atoms with Crippen LogP contribution >= 0.6 is 23.2 Å². The molecule has 3 aromatic rings. The third-order valence-electron chi connectivity index (χ3n) is 5.76. The summed E-state index contributed by atoms with van der Waals surface area (Å²) in [4.78, 5) is 19.3. The van der Waals surface area contributed by atoms with Crippen LogP contribution in [0, 0.1) is 17.0 Å². The first-order valence-electron chi connectivity index (χ1n) is 10.3. The number of aryl methyl sites for hydroxylation is 1. The van der Waals surface area contributed by atoms with Crippen molar-refractivity contribution in [3.8, 4) is 5.88 Å². The summed E-state index contributed by atoms with van der Waals surface area (Å²) in [5, 5.41) is 21.3. The molecule has 0 amide bonds. The lowest BCUT2D eigenvalue weighted by Crippen LogP contribution is -2.24. The number of nitro groups is 1. The first kappa shape index (κ1) is 22.7. The average molecular weight is 484 g/mol. The Morgan fingerprint density at radius 2 is 2.00 bits per heavy atom. The molecule has 11 nitrogen and oxygen atoms in total. The molecule has 32 heavy (non-hydrogen) atoms. The Morgan fingerprint density at radius 3 is 2.69 bits per heavy atom. The number of ether oxygens (including phenoxy) is 2. The maximum atomic E-state index is 11.7. The summed E-state index contributed by atoms with van der Waals surface area (Å²) in [5.41, 5.74) is 0.931. The Balaban J connectivity index is 1.43. The second-order valence-corrected chi connectivity index (χ2v) is 8.40. The number of fused-ring (bicyclic) bond motifs is 1. The molecule has 0 radical (unpaired) electrons. The number of rotatable bonds is 8. The van der Waals surface area contributed by atoms with Crippen molar-refractivity contribution >= 4 is 39.9 Å². The van der Waals surface area contributed by atoms with Crippen LogP contribution in [0.3, 0.4) is 0 Å². The van der Waals surface area contributed by atoms with E-state index in [9.17, 15) is 10.1 Å². The van der Waals surface area contributed by atoms with Crippen molar-refractivity contribution in [2.45, 2.75) is 57.7 Å². The van der Waals surface area contributed by atoms with E-state index in [1.54, 1.807) is 23.4 Å². The van der Waals surface area contributed by atoms with Crippen LogP contribution in [0.1, 0.15) is 43.8 Å². The predicted molar refractivity (Wildman–Crippen MR) is 117 cm³/mol. The van der Waals surface area contributed by atoms with E-state index in [1.807, 2.05) is 0 Å². The Hall–Kier alpha value is -2.50. The van der Waals surface area contributed by atoms with Gasteiger partial charge >= 0.3 is 11.6 Å². The zero-order chi connectivity index (χ0) is 22.8. The highest BCUT2D eigenvalue weighted by Crippen LogP contribution is 2.36. The van der Waals surface area contributed by atoms with Crippen molar-refractivity contribution < 1.29 is 14.4 Å². The molecule has 0 aromatic carbocycles. The van der Waals surface area contributed by atoms with Crippen LogP contribution in [-0.2, 0) is 11.3 Å². The zero-order valence-corrected chi connectivity index (χ0v) is 19.2. The first-order valence-corrected chi connectivity index (χ1v) is 11.1. The zero-order valence-electron chi connectivity index (χ0n) is 17.7. The van der Waals surface area contributed by atoms with E-state index < -0.39 is 4.92 Å². The van der Waals surface area contributed by atoms with Gasteiger partial charge in [0.05, 0.1) is 29.1 Å². The number of halogens is 2. The lowest BCUT2D eigenvalue weighted by Gasteiger charge is -2.28. The van der Waals surface area contributed by atoms with E-state index in [0.717, 1.165) is 25.7 Å². The Bertz CT molecular complexity index is 1120. The molecule has 1 aliphatic rings. The summed E-state index contributed by atoms with van der Waals surface area (Å²) >= 11 is 12.0. The van der Waals surface area contributed by atoms with Gasteiger partial charge in [0.25, 0.3) is 0 Å². The van der Waals surface area contributed by atoms with Crippen molar-refractivity contribution in [2.24, 2.45) is 0 Å². The maximum absolute atomic E-state index is 11.7. The van der Waals surface area contributed by atoms with Crippen molar-refractivity contribution in [1.82, 2.24) is 29.5 Å². The average Bonchev–Trinajstić information content (AvgIpc) is 3.27. The van der Waals surface area contributed by atoms with E-state index in [1.165, 1.54) is 6.20 Å². The smallest absolute Gasteiger partial charge is 0.352 e. The molecule has 0 aliphatic heterocycles. The molecule has 4 rings (SSSR count). The van der Waals surface area contributed by atoms with Crippen LogP contribution in [0.4, 0.5) is 5.69 Å². The molecule has 0 bridgehead atoms. The maximum Gasteiger partial charge on any atom is 0.352 e. The Labute approximate surface area is 193 Å². The number of aromatic nitrogens is 6. The summed E-state index contributed by atoms with van der Waals surface area (Å²) in [6.07, 6.45) is 5.78. The third kappa shape index (κ3) is 4.50. The van der Waals surface area contributed by atoms with Gasteiger partial charge in [0.1, 0.15) is 5.69 Å². The van der Waals surface area contributed by atoms with Crippen molar-refractivity contribution in [3.63, 3.8) is 0 Å². The molecule has 0 spiro atoms. The lowest BCUT2D eigenvalue weighted by atomic mass is 9.93. The van der Waals surface area contributed by atoms with Gasteiger partial charge in [0.15, 0.2) is 10.8 Å². The van der Waals surface area contributed by atoms with Crippen LogP contribution in [0.2, 0.25) is 10.4 Å². The van der Waals surface area contributed by atoms with Crippen LogP contribution < -0.4 is 4.74 Å². The van der Waals surface area contributed by atoms with Crippen LogP contribution in [0.5, 0.6) is 5.88 Å². The highest BCUT2D eigenvalue weighted by molar-refractivity contribution is 6.34. The SMILES string of the molecule is COC1CCC(n2nc(OCCCn3nc(Cl)c4cnc(Cl)nc43)c([N+](=O)[O-])c2C)CC1. The second-order valence-electron chi connectivity index (χ2n) is 7.70. The normalized spacial score (nSPS) is 18.9. The molecule has 172 valence electrons. The first-order chi connectivity index (χ1) is 15.4. The van der Waals surface area contributed by atoms with E-state index >= 15 is 0 Å². The molecule has 1 fully saturated rings. The van der Waals surface area contributed by atoms with Gasteiger partial charge in [-0.05, 0) is 44.2 Å². The number of hydrogen-bond acceptors (Lipinski definition) is 8. The standard InChI is InChI=1S/C19H23Cl2N7O4/c1-11-15(28(29)30)18(25-27(11)12-4-6-13(31-2)7-5-12)32-9-3-8-26-17-14(16(20)24-26)10-22-19(21)23-17/h10,12-13H,3-9H2,1-2H3. The van der Waals surface area contributed by atoms with Crippen LogP contribution in [0.25, 0.3) is 11.0 Å². The monoisotopic (exact) mass is 483 g/mol. The Kier molecular flexibility index (Phi) is 6.77. The summed E-state index contributed by atoms with van der Waals surface area (Å²) in [6.45, 7) is 2.36. The lowest BCUT2D eigenvalue weighted by molar-refractivity contribution is -0.386. The summed E-state index contributed by atoms with van der Waals surface area (Å²) in [5.74, 6) is 0.0371. The van der Waals surface area contributed by atoms with Gasteiger partial charge in [0.2, 0.25) is 5.28 Å². The fourth-order valence-electron chi connectivity index (χ4n) is 4.11. The molecule has 3 aromatic heterocycles. The number of nitrogens with zero attached hydrogens (tertiary/aromatic N) is 7. The van der Waals surface area contributed by atoms with Gasteiger partial charge < -0.3 is 9.47 Å². The fraction of sp³-hybridized carbons (Fsp3) is 0.579. The molecular formula is C19H23Cl2N7O4. The molecule has 0 unspecified atom stereocenters. The highest BCUT2D eigenvalue weighted by Gasteiger charge is 2.31. The predicted octanol–water partition coefficient (Wildman–Crippen LogP) is 4.15. The summed E-state index contributed by atoms with van der Waals surface area (Å²) in [6, 6.07) is 0.0967. The van der Waals surface area contributed by atoms with Gasteiger partial charge in [-0.25, -0.2) is 9.67 Å². The van der Waals surface area contributed by atoms with Crippen molar-refractivity contribution in [3.05, 3.63) is 32.4 Å². The van der Waals surface area contributed by atoms with E-state index in [2.05, 4.69) is 20.2 Å². The minimum atomic E-state index is -0.436. The highest BCUT2D eigenvalue weighted by atomic mass is 35.5. The van der Waals surface area contributed by atoms with Gasteiger partial charge in [0, 0.05) is 26.3 Å². The molecule has 0 N–H and O–H groups in total. The third-order valence-corrected chi connectivity index (χ3v) is 6.22. The minimum Gasteiger partial charge on any atom is -0.472 e. The van der Waals surface area contributed by atoms with E-state index in [-0.39, 0.29) is 40.8 Å². The largest absolute Gasteiger partial charge is 0.472 e.